The Hall–Kier alpha value is -2.58. The normalized spacial score (nSPS) is 11.6. The molecule has 5 N–H and O–H groups in total. The number of nitrogens with two attached hydrogens (primary N) is 1. The molecule has 1 aromatic rings. The summed E-state index contributed by atoms with van der Waals surface area (Å²) in [6.07, 6.45) is 2.64. The SMILES string of the molecule is CC(NC(=O)Nc1cnn(CC(=O)O)c1)C(N)=O. The fourth-order valence-electron chi connectivity index (χ4n) is 1.09. The van der Waals surface area contributed by atoms with Gasteiger partial charge < -0.3 is 21.5 Å². The second kappa shape index (κ2) is 5.66. The highest BCUT2D eigenvalue weighted by atomic mass is 16.4. The lowest BCUT2D eigenvalue weighted by atomic mass is 10.3. The van der Waals surface area contributed by atoms with E-state index in [1.807, 2.05) is 0 Å². The zero-order chi connectivity index (χ0) is 13.7. The third-order valence-corrected chi connectivity index (χ3v) is 1.96. The molecule has 0 aromatic carbocycles. The molecule has 0 aliphatic rings. The van der Waals surface area contributed by atoms with E-state index in [-0.39, 0.29) is 6.54 Å². The first-order chi connectivity index (χ1) is 8.38. The van der Waals surface area contributed by atoms with Crippen molar-refractivity contribution in [3.63, 3.8) is 0 Å². The highest BCUT2D eigenvalue weighted by Crippen LogP contribution is 2.04. The maximum absolute atomic E-state index is 11.4. The van der Waals surface area contributed by atoms with Crippen LogP contribution in [0.3, 0.4) is 0 Å². The standard InChI is InChI=1S/C9H13N5O4/c1-5(8(10)17)12-9(18)13-6-2-11-14(3-6)4-7(15)16/h2-3,5H,4H2,1H3,(H2,10,17)(H,15,16)(H2,12,13,18). The molecule has 9 heteroatoms. The summed E-state index contributed by atoms with van der Waals surface area (Å²) in [5.74, 6) is -1.71. The summed E-state index contributed by atoms with van der Waals surface area (Å²) in [5.41, 5.74) is 5.28. The van der Waals surface area contributed by atoms with E-state index < -0.39 is 23.9 Å². The van der Waals surface area contributed by atoms with E-state index in [9.17, 15) is 14.4 Å². The molecule has 3 amide bonds. The predicted octanol–water partition coefficient (Wildman–Crippen LogP) is -1.04. The number of aliphatic carboxylic acids is 1. The summed E-state index contributed by atoms with van der Waals surface area (Å²) in [4.78, 5) is 32.5. The van der Waals surface area contributed by atoms with Crippen LogP contribution in [-0.2, 0) is 16.1 Å². The van der Waals surface area contributed by atoms with E-state index in [2.05, 4.69) is 15.7 Å². The largest absolute Gasteiger partial charge is 0.480 e. The Labute approximate surface area is 102 Å². The average molecular weight is 255 g/mol. The van der Waals surface area contributed by atoms with Crippen molar-refractivity contribution >= 4 is 23.6 Å². The lowest BCUT2D eigenvalue weighted by Gasteiger charge is -2.09. The van der Waals surface area contributed by atoms with E-state index >= 15 is 0 Å². The molecule has 0 bridgehead atoms. The summed E-state index contributed by atoms with van der Waals surface area (Å²) >= 11 is 0. The van der Waals surface area contributed by atoms with E-state index in [1.54, 1.807) is 0 Å². The molecule has 18 heavy (non-hydrogen) atoms. The number of carboxylic acid groups (broad SMARTS) is 1. The first-order valence-electron chi connectivity index (χ1n) is 4.99. The number of urea groups is 1. The van der Waals surface area contributed by atoms with Crippen LogP contribution in [0.4, 0.5) is 10.5 Å². The molecule has 0 aliphatic carbocycles. The highest BCUT2D eigenvalue weighted by molar-refractivity contribution is 5.92. The van der Waals surface area contributed by atoms with Gasteiger partial charge >= 0.3 is 12.0 Å². The molecule has 9 nitrogen and oxygen atoms in total. The Morgan fingerprint density at radius 3 is 2.78 bits per heavy atom. The van der Waals surface area contributed by atoms with Crippen molar-refractivity contribution in [3.05, 3.63) is 12.4 Å². The third-order valence-electron chi connectivity index (χ3n) is 1.96. The van der Waals surface area contributed by atoms with Crippen molar-refractivity contribution in [2.24, 2.45) is 5.73 Å². The van der Waals surface area contributed by atoms with Crippen LogP contribution in [0, 0.1) is 0 Å². The third kappa shape index (κ3) is 4.12. The van der Waals surface area contributed by atoms with Crippen molar-refractivity contribution in [1.82, 2.24) is 15.1 Å². The number of carbonyl (C=O) groups excluding carboxylic acids is 2. The number of nitrogens with one attached hydrogen (secondary N) is 2. The maximum atomic E-state index is 11.4. The van der Waals surface area contributed by atoms with Crippen LogP contribution in [0.2, 0.25) is 0 Å². The summed E-state index contributed by atoms with van der Waals surface area (Å²) in [6, 6.07) is -1.43. The number of carbonyl (C=O) groups is 3. The zero-order valence-corrected chi connectivity index (χ0v) is 9.58. The Morgan fingerprint density at radius 2 is 2.22 bits per heavy atom. The minimum Gasteiger partial charge on any atom is -0.480 e. The molecular weight excluding hydrogens is 242 g/mol. The lowest BCUT2D eigenvalue weighted by Crippen LogP contribution is -2.44. The molecule has 0 spiro atoms. The predicted molar refractivity (Wildman–Crippen MR) is 60.7 cm³/mol. The quantitative estimate of drug-likeness (QED) is 0.532. The van der Waals surface area contributed by atoms with Gasteiger partial charge in [0.25, 0.3) is 0 Å². The van der Waals surface area contributed by atoms with Crippen LogP contribution < -0.4 is 16.4 Å². The van der Waals surface area contributed by atoms with Crippen molar-refractivity contribution in [2.75, 3.05) is 5.32 Å². The van der Waals surface area contributed by atoms with Crippen LogP contribution in [-0.4, -0.2) is 38.8 Å². The van der Waals surface area contributed by atoms with Crippen molar-refractivity contribution in [2.45, 2.75) is 19.5 Å². The second-order valence-corrected chi connectivity index (χ2v) is 3.54. The molecule has 0 saturated carbocycles. The Kier molecular flexibility index (Phi) is 4.24. The summed E-state index contributed by atoms with van der Waals surface area (Å²) < 4.78 is 1.15. The molecule has 0 saturated heterocycles. The van der Waals surface area contributed by atoms with Gasteiger partial charge in [-0.3, -0.25) is 14.3 Å². The number of primary amides is 1. The van der Waals surface area contributed by atoms with Crippen LogP contribution in [0.1, 0.15) is 6.92 Å². The first-order valence-corrected chi connectivity index (χ1v) is 4.99. The second-order valence-electron chi connectivity index (χ2n) is 3.54. The molecule has 0 radical (unpaired) electrons. The van der Waals surface area contributed by atoms with Crippen LogP contribution in [0.5, 0.6) is 0 Å². The molecule has 1 unspecified atom stereocenters. The van der Waals surface area contributed by atoms with Gasteiger partial charge in [0.1, 0.15) is 12.6 Å². The van der Waals surface area contributed by atoms with Crippen LogP contribution in [0.25, 0.3) is 0 Å². The monoisotopic (exact) mass is 255 g/mol. The Morgan fingerprint density at radius 1 is 1.56 bits per heavy atom. The Balaban J connectivity index is 2.52. The smallest absolute Gasteiger partial charge is 0.325 e. The van der Waals surface area contributed by atoms with E-state index in [4.69, 9.17) is 10.8 Å². The van der Waals surface area contributed by atoms with Gasteiger partial charge in [-0.15, -0.1) is 0 Å². The van der Waals surface area contributed by atoms with Gasteiger partial charge in [0.2, 0.25) is 5.91 Å². The van der Waals surface area contributed by atoms with Crippen LogP contribution in [0.15, 0.2) is 12.4 Å². The molecule has 1 aromatic heterocycles. The number of carboxylic acids is 1. The highest BCUT2D eigenvalue weighted by Gasteiger charge is 2.12. The molecule has 1 heterocycles. The number of aromatic nitrogens is 2. The fraction of sp³-hybridized carbons (Fsp3) is 0.333. The van der Waals surface area contributed by atoms with Crippen molar-refractivity contribution in [1.29, 1.82) is 0 Å². The molecule has 98 valence electrons. The molecule has 1 rings (SSSR count). The van der Waals surface area contributed by atoms with Gasteiger partial charge in [-0.25, -0.2) is 4.79 Å². The topological polar surface area (TPSA) is 139 Å². The van der Waals surface area contributed by atoms with Gasteiger partial charge in [0, 0.05) is 6.20 Å². The van der Waals surface area contributed by atoms with Gasteiger partial charge in [-0.05, 0) is 6.92 Å². The van der Waals surface area contributed by atoms with Gasteiger partial charge in [0.05, 0.1) is 11.9 Å². The molecular formula is C9H13N5O4. The number of amides is 3. The molecule has 0 fully saturated rings. The maximum Gasteiger partial charge on any atom is 0.325 e. The lowest BCUT2D eigenvalue weighted by molar-refractivity contribution is -0.137. The van der Waals surface area contributed by atoms with Gasteiger partial charge in [-0.2, -0.15) is 5.10 Å². The summed E-state index contributed by atoms with van der Waals surface area (Å²) in [7, 11) is 0. The van der Waals surface area contributed by atoms with E-state index in [0.717, 1.165) is 4.68 Å². The number of nitrogens with zero attached hydrogens (tertiary/aromatic N) is 2. The van der Waals surface area contributed by atoms with Gasteiger partial charge in [-0.1, -0.05) is 0 Å². The van der Waals surface area contributed by atoms with Crippen molar-refractivity contribution in [3.8, 4) is 0 Å². The minimum absolute atomic E-state index is 0.305. The first kappa shape index (κ1) is 13.5. The van der Waals surface area contributed by atoms with Crippen LogP contribution >= 0.6 is 0 Å². The van der Waals surface area contributed by atoms with E-state index in [0.29, 0.717) is 5.69 Å². The fourth-order valence-corrected chi connectivity index (χ4v) is 1.09. The summed E-state index contributed by atoms with van der Waals surface area (Å²) in [5, 5.41) is 16.9. The minimum atomic E-state index is -1.04. The van der Waals surface area contributed by atoms with Crippen molar-refractivity contribution < 1.29 is 19.5 Å². The molecule has 1 atom stereocenters. The van der Waals surface area contributed by atoms with Gasteiger partial charge in [0.15, 0.2) is 0 Å². The zero-order valence-electron chi connectivity index (χ0n) is 9.58. The number of hydrogen-bond donors (Lipinski definition) is 4. The molecule has 0 aliphatic heterocycles. The average Bonchev–Trinajstić information content (AvgIpc) is 2.63. The number of hydrogen-bond acceptors (Lipinski definition) is 4. The number of rotatable bonds is 5. The number of anilines is 1. The van der Waals surface area contributed by atoms with E-state index in [1.165, 1.54) is 19.3 Å². The summed E-state index contributed by atoms with van der Waals surface area (Å²) in [6.45, 7) is 1.14. The Bertz CT molecular complexity index is 469.